The molecule has 0 unspecified atom stereocenters. The third-order valence-corrected chi connectivity index (χ3v) is 2.70. The van der Waals surface area contributed by atoms with Crippen LogP contribution in [-0.2, 0) is 11.3 Å². The van der Waals surface area contributed by atoms with Gasteiger partial charge in [0.25, 0.3) is 0 Å². The zero-order valence-corrected chi connectivity index (χ0v) is 10.7. The second-order valence-corrected chi connectivity index (χ2v) is 4.38. The highest BCUT2D eigenvalue weighted by molar-refractivity contribution is 5.88. The molecule has 0 saturated heterocycles. The lowest BCUT2D eigenvalue weighted by molar-refractivity contribution is -0.137. The summed E-state index contributed by atoms with van der Waals surface area (Å²) in [4.78, 5) is 21.3. The number of carboxylic acids is 1. The number of hydrogen-bond donors (Lipinski definition) is 1. The number of carbonyl (C=O) groups is 1. The Bertz CT molecular complexity index is 589. The van der Waals surface area contributed by atoms with Gasteiger partial charge < -0.3 is 14.6 Å². The third-order valence-electron chi connectivity index (χ3n) is 2.70. The molecule has 2 aromatic heterocycles. The third kappa shape index (κ3) is 2.27. The van der Waals surface area contributed by atoms with E-state index in [4.69, 9.17) is 5.11 Å². The van der Waals surface area contributed by atoms with E-state index in [0.717, 1.165) is 16.9 Å². The number of anilines is 1. The molecule has 0 aliphatic carbocycles. The van der Waals surface area contributed by atoms with Crippen molar-refractivity contribution in [1.82, 2.24) is 14.5 Å². The highest BCUT2D eigenvalue weighted by Gasteiger charge is 2.12. The molecule has 6 heteroatoms. The molecule has 2 rings (SSSR count). The summed E-state index contributed by atoms with van der Waals surface area (Å²) in [7, 11) is 3.85. The van der Waals surface area contributed by atoms with Gasteiger partial charge in [0.15, 0.2) is 0 Å². The van der Waals surface area contributed by atoms with Crippen molar-refractivity contribution in [2.24, 2.45) is 0 Å². The summed E-state index contributed by atoms with van der Waals surface area (Å²) in [6.07, 6.45) is 1.94. The van der Waals surface area contributed by atoms with Crippen LogP contribution in [-0.4, -0.2) is 39.7 Å². The van der Waals surface area contributed by atoms with Crippen LogP contribution in [0.5, 0.6) is 0 Å². The minimum Gasteiger partial charge on any atom is -0.481 e. The Kier molecular flexibility index (Phi) is 3.18. The summed E-state index contributed by atoms with van der Waals surface area (Å²) < 4.78 is 1.85. The van der Waals surface area contributed by atoms with E-state index in [1.807, 2.05) is 42.7 Å². The standard InChI is InChI=1S/C12H16N4O2/c1-8-13-11(15(2)3)9-4-6-16(12(9)14-8)7-5-10(17)18/h4,6H,5,7H2,1-3H3,(H,17,18). The van der Waals surface area contributed by atoms with E-state index < -0.39 is 5.97 Å². The molecule has 96 valence electrons. The summed E-state index contributed by atoms with van der Waals surface area (Å²) in [6, 6.07) is 1.92. The Balaban J connectivity index is 2.48. The van der Waals surface area contributed by atoms with Gasteiger partial charge in [0.05, 0.1) is 11.8 Å². The molecule has 0 saturated carbocycles. The molecule has 0 aromatic carbocycles. The van der Waals surface area contributed by atoms with Crippen molar-refractivity contribution < 1.29 is 9.90 Å². The number of carboxylic acid groups (broad SMARTS) is 1. The zero-order valence-electron chi connectivity index (χ0n) is 10.7. The van der Waals surface area contributed by atoms with E-state index in [2.05, 4.69) is 9.97 Å². The van der Waals surface area contributed by atoms with E-state index in [9.17, 15) is 4.79 Å². The molecule has 2 heterocycles. The minimum absolute atomic E-state index is 0.0874. The lowest BCUT2D eigenvalue weighted by Gasteiger charge is -2.13. The van der Waals surface area contributed by atoms with Crippen molar-refractivity contribution >= 4 is 22.8 Å². The number of rotatable bonds is 4. The Morgan fingerprint density at radius 3 is 2.78 bits per heavy atom. The van der Waals surface area contributed by atoms with E-state index in [1.165, 1.54) is 0 Å². The van der Waals surface area contributed by atoms with E-state index >= 15 is 0 Å². The van der Waals surface area contributed by atoms with Crippen molar-refractivity contribution in [3.05, 3.63) is 18.1 Å². The molecule has 0 radical (unpaired) electrons. The molecule has 0 bridgehead atoms. The number of aliphatic carboxylic acids is 1. The van der Waals surface area contributed by atoms with E-state index in [-0.39, 0.29) is 6.42 Å². The smallest absolute Gasteiger partial charge is 0.305 e. The van der Waals surface area contributed by atoms with Crippen molar-refractivity contribution in [3.8, 4) is 0 Å². The largest absolute Gasteiger partial charge is 0.481 e. The second kappa shape index (κ2) is 4.64. The number of nitrogens with zero attached hydrogens (tertiary/aromatic N) is 4. The second-order valence-electron chi connectivity index (χ2n) is 4.38. The van der Waals surface area contributed by atoms with Gasteiger partial charge in [0, 0.05) is 26.8 Å². The predicted molar refractivity (Wildman–Crippen MR) is 68.8 cm³/mol. The molecular formula is C12H16N4O2. The molecule has 6 nitrogen and oxygen atoms in total. The number of hydrogen-bond acceptors (Lipinski definition) is 4. The average molecular weight is 248 g/mol. The highest BCUT2D eigenvalue weighted by atomic mass is 16.4. The first-order valence-electron chi connectivity index (χ1n) is 5.71. The maximum absolute atomic E-state index is 10.6. The lowest BCUT2D eigenvalue weighted by atomic mass is 10.3. The molecule has 0 atom stereocenters. The molecule has 0 aliphatic rings. The van der Waals surface area contributed by atoms with Crippen LogP contribution in [0.3, 0.4) is 0 Å². The van der Waals surface area contributed by atoms with Crippen molar-refractivity contribution in [3.63, 3.8) is 0 Å². The summed E-state index contributed by atoms with van der Waals surface area (Å²) in [5.41, 5.74) is 0.785. The molecule has 2 aromatic rings. The van der Waals surface area contributed by atoms with Crippen LogP contribution >= 0.6 is 0 Å². The summed E-state index contributed by atoms with van der Waals surface area (Å²) in [5.74, 6) is 0.725. The fourth-order valence-electron chi connectivity index (χ4n) is 1.89. The lowest BCUT2D eigenvalue weighted by Crippen LogP contribution is -2.13. The predicted octanol–water partition coefficient (Wildman–Crippen LogP) is 1.28. The first kappa shape index (κ1) is 12.3. The molecule has 0 spiro atoms. The highest BCUT2D eigenvalue weighted by Crippen LogP contribution is 2.23. The molecule has 0 aliphatic heterocycles. The Labute approximate surface area is 105 Å². The Morgan fingerprint density at radius 2 is 2.17 bits per heavy atom. The number of aryl methyl sites for hydroxylation is 2. The maximum Gasteiger partial charge on any atom is 0.305 e. The van der Waals surface area contributed by atoms with Crippen LogP contribution in [0.1, 0.15) is 12.2 Å². The van der Waals surface area contributed by atoms with Gasteiger partial charge in [-0.3, -0.25) is 4.79 Å². The van der Waals surface area contributed by atoms with Gasteiger partial charge in [-0.2, -0.15) is 0 Å². The fraction of sp³-hybridized carbons (Fsp3) is 0.417. The fourth-order valence-corrected chi connectivity index (χ4v) is 1.89. The first-order valence-corrected chi connectivity index (χ1v) is 5.71. The maximum atomic E-state index is 10.6. The average Bonchev–Trinajstić information content (AvgIpc) is 2.68. The molecule has 0 fully saturated rings. The molecule has 1 N–H and O–H groups in total. The quantitative estimate of drug-likeness (QED) is 0.882. The molecule has 18 heavy (non-hydrogen) atoms. The van der Waals surface area contributed by atoms with Gasteiger partial charge in [-0.05, 0) is 13.0 Å². The zero-order chi connectivity index (χ0) is 13.3. The van der Waals surface area contributed by atoms with Gasteiger partial charge in [0.2, 0.25) is 0 Å². The van der Waals surface area contributed by atoms with Gasteiger partial charge in [-0.1, -0.05) is 0 Å². The van der Waals surface area contributed by atoms with Crippen molar-refractivity contribution in [1.29, 1.82) is 0 Å². The number of fused-ring (bicyclic) bond motifs is 1. The van der Waals surface area contributed by atoms with Gasteiger partial charge in [-0.25, -0.2) is 9.97 Å². The Hall–Kier alpha value is -2.11. The van der Waals surface area contributed by atoms with E-state index in [0.29, 0.717) is 12.4 Å². The normalized spacial score (nSPS) is 10.8. The monoisotopic (exact) mass is 248 g/mol. The van der Waals surface area contributed by atoms with Crippen LogP contribution in [0.15, 0.2) is 12.3 Å². The van der Waals surface area contributed by atoms with Crippen LogP contribution < -0.4 is 4.90 Å². The van der Waals surface area contributed by atoms with Crippen LogP contribution in [0.2, 0.25) is 0 Å². The SMILES string of the molecule is Cc1nc(N(C)C)c2ccn(CCC(=O)O)c2n1. The van der Waals surface area contributed by atoms with Gasteiger partial charge in [0.1, 0.15) is 17.3 Å². The van der Waals surface area contributed by atoms with Crippen LogP contribution in [0, 0.1) is 6.92 Å². The van der Waals surface area contributed by atoms with Crippen LogP contribution in [0.25, 0.3) is 11.0 Å². The topological polar surface area (TPSA) is 71.2 Å². The molecule has 0 amide bonds. The summed E-state index contributed by atoms with van der Waals surface area (Å²) in [6.45, 7) is 2.25. The first-order chi connectivity index (χ1) is 8.49. The summed E-state index contributed by atoms with van der Waals surface area (Å²) in [5, 5.41) is 9.67. The summed E-state index contributed by atoms with van der Waals surface area (Å²) >= 11 is 0. The van der Waals surface area contributed by atoms with Crippen molar-refractivity contribution in [2.75, 3.05) is 19.0 Å². The molecular weight excluding hydrogens is 232 g/mol. The number of aromatic nitrogens is 3. The van der Waals surface area contributed by atoms with Gasteiger partial charge >= 0.3 is 5.97 Å². The van der Waals surface area contributed by atoms with E-state index in [1.54, 1.807) is 0 Å². The minimum atomic E-state index is -0.810. The Morgan fingerprint density at radius 1 is 1.44 bits per heavy atom. The van der Waals surface area contributed by atoms with Gasteiger partial charge in [-0.15, -0.1) is 0 Å². The van der Waals surface area contributed by atoms with Crippen molar-refractivity contribution in [2.45, 2.75) is 19.9 Å². The van der Waals surface area contributed by atoms with Crippen LogP contribution in [0.4, 0.5) is 5.82 Å².